The molecule has 0 amide bonds. The maximum atomic E-state index is 5.64. The number of hydrogen-bond acceptors (Lipinski definition) is 4. The summed E-state index contributed by atoms with van der Waals surface area (Å²) in [5, 5.41) is 3.50. The molecule has 0 atom stereocenters. The van der Waals surface area contributed by atoms with Crippen LogP contribution in [0, 0.1) is 5.41 Å². The molecule has 1 rings (SSSR count). The zero-order valence-corrected chi connectivity index (χ0v) is 12.0. The molecule has 0 bridgehead atoms. The van der Waals surface area contributed by atoms with Gasteiger partial charge in [0.15, 0.2) is 0 Å². The van der Waals surface area contributed by atoms with E-state index in [9.17, 15) is 0 Å². The molecule has 1 heterocycles. The Hall–Kier alpha value is -0.160. The molecule has 0 unspecified atom stereocenters. The van der Waals surface area contributed by atoms with Crippen molar-refractivity contribution >= 4 is 0 Å². The van der Waals surface area contributed by atoms with Gasteiger partial charge >= 0.3 is 0 Å². The molecule has 4 nitrogen and oxygen atoms in total. The van der Waals surface area contributed by atoms with E-state index >= 15 is 0 Å². The average Bonchev–Trinajstić information content (AvgIpc) is 2.41. The predicted molar refractivity (Wildman–Crippen MR) is 73.0 cm³/mol. The summed E-state index contributed by atoms with van der Waals surface area (Å²) in [4.78, 5) is 0. The molecule has 18 heavy (non-hydrogen) atoms. The van der Waals surface area contributed by atoms with Crippen LogP contribution in [0.15, 0.2) is 0 Å². The lowest BCUT2D eigenvalue weighted by molar-refractivity contribution is -0.00661. The summed E-state index contributed by atoms with van der Waals surface area (Å²) in [5.74, 6) is 0. The Bertz CT molecular complexity index is 179. The molecule has 1 aliphatic heterocycles. The lowest BCUT2D eigenvalue weighted by atomic mass is 9.77. The van der Waals surface area contributed by atoms with Crippen molar-refractivity contribution in [3.63, 3.8) is 0 Å². The van der Waals surface area contributed by atoms with E-state index in [1.54, 1.807) is 7.11 Å². The van der Waals surface area contributed by atoms with E-state index in [2.05, 4.69) is 12.2 Å². The maximum Gasteiger partial charge on any atom is 0.0587 e. The molecule has 1 fully saturated rings. The smallest absolute Gasteiger partial charge is 0.0587 e. The summed E-state index contributed by atoms with van der Waals surface area (Å²) < 4.78 is 16.2. The van der Waals surface area contributed by atoms with Crippen molar-refractivity contribution in [1.29, 1.82) is 0 Å². The van der Waals surface area contributed by atoms with Gasteiger partial charge in [0.1, 0.15) is 0 Å². The lowest BCUT2D eigenvalue weighted by Gasteiger charge is -2.37. The summed E-state index contributed by atoms with van der Waals surface area (Å²) in [6.07, 6.45) is 4.52. The third-order valence-electron chi connectivity index (χ3n) is 3.66. The van der Waals surface area contributed by atoms with Crippen LogP contribution < -0.4 is 5.32 Å². The van der Waals surface area contributed by atoms with Crippen molar-refractivity contribution in [2.75, 3.05) is 53.2 Å². The van der Waals surface area contributed by atoms with Crippen LogP contribution in [-0.2, 0) is 14.2 Å². The Morgan fingerprint density at radius 2 is 1.94 bits per heavy atom. The van der Waals surface area contributed by atoms with E-state index in [1.165, 1.54) is 0 Å². The van der Waals surface area contributed by atoms with Gasteiger partial charge in [0.05, 0.1) is 6.61 Å². The van der Waals surface area contributed by atoms with E-state index in [0.717, 1.165) is 71.8 Å². The zero-order valence-electron chi connectivity index (χ0n) is 12.0. The summed E-state index contributed by atoms with van der Waals surface area (Å²) in [5.41, 5.74) is 0.361. The van der Waals surface area contributed by atoms with E-state index < -0.39 is 0 Å². The van der Waals surface area contributed by atoms with Crippen LogP contribution in [0.2, 0.25) is 0 Å². The molecule has 1 saturated heterocycles. The summed E-state index contributed by atoms with van der Waals surface area (Å²) >= 11 is 0. The first-order valence-electron chi connectivity index (χ1n) is 7.18. The fourth-order valence-corrected chi connectivity index (χ4v) is 2.38. The molecule has 0 radical (unpaired) electrons. The Labute approximate surface area is 111 Å². The first-order valence-corrected chi connectivity index (χ1v) is 7.18. The topological polar surface area (TPSA) is 39.7 Å². The van der Waals surface area contributed by atoms with E-state index in [1.807, 2.05) is 0 Å². The fourth-order valence-electron chi connectivity index (χ4n) is 2.38. The average molecular weight is 259 g/mol. The summed E-state index contributed by atoms with van der Waals surface area (Å²) in [6.45, 7) is 8.43. The SMILES string of the molecule is CCCOCCC1(CNCCOC)CCOCC1. The van der Waals surface area contributed by atoms with Crippen molar-refractivity contribution in [2.24, 2.45) is 5.41 Å². The van der Waals surface area contributed by atoms with Crippen molar-refractivity contribution in [2.45, 2.75) is 32.6 Å². The summed E-state index contributed by atoms with van der Waals surface area (Å²) in [7, 11) is 1.74. The Morgan fingerprint density at radius 3 is 2.61 bits per heavy atom. The molecule has 0 aromatic carbocycles. The van der Waals surface area contributed by atoms with Crippen LogP contribution in [0.5, 0.6) is 0 Å². The third kappa shape index (κ3) is 6.14. The highest BCUT2D eigenvalue weighted by Crippen LogP contribution is 2.33. The maximum absolute atomic E-state index is 5.64. The van der Waals surface area contributed by atoms with Crippen molar-refractivity contribution in [1.82, 2.24) is 5.32 Å². The lowest BCUT2D eigenvalue weighted by Crippen LogP contribution is -2.41. The van der Waals surface area contributed by atoms with Crippen LogP contribution in [0.1, 0.15) is 32.6 Å². The number of methoxy groups -OCH3 is 1. The second kappa shape index (κ2) is 9.73. The largest absolute Gasteiger partial charge is 0.383 e. The monoisotopic (exact) mass is 259 g/mol. The molecule has 0 saturated carbocycles. The van der Waals surface area contributed by atoms with Gasteiger partial charge in [-0.2, -0.15) is 0 Å². The van der Waals surface area contributed by atoms with Gasteiger partial charge in [0.25, 0.3) is 0 Å². The van der Waals surface area contributed by atoms with Gasteiger partial charge in [0.2, 0.25) is 0 Å². The van der Waals surface area contributed by atoms with Crippen LogP contribution in [0.3, 0.4) is 0 Å². The molecule has 1 aliphatic rings. The number of nitrogens with one attached hydrogen (secondary N) is 1. The van der Waals surface area contributed by atoms with Gasteiger partial charge < -0.3 is 19.5 Å². The predicted octanol–water partition coefficient (Wildman–Crippen LogP) is 1.84. The molecular formula is C14H29NO3. The minimum absolute atomic E-state index is 0.361. The standard InChI is InChI=1S/C14H29NO3/c1-3-8-17-9-4-14(5-10-18-11-6-14)13-15-7-12-16-2/h15H,3-13H2,1-2H3. The first kappa shape index (κ1) is 15.9. The normalized spacial score (nSPS) is 19.0. The van der Waals surface area contributed by atoms with Crippen molar-refractivity contribution in [3.05, 3.63) is 0 Å². The number of hydrogen-bond donors (Lipinski definition) is 1. The molecule has 1 N–H and O–H groups in total. The molecular weight excluding hydrogens is 230 g/mol. The second-order valence-corrected chi connectivity index (χ2v) is 5.14. The van der Waals surface area contributed by atoms with Crippen LogP contribution in [0.25, 0.3) is 0 Å². The highest BCUT2D eigenvalue weighted by Gasteiger charge is 2.31. The van der Waals surface area contributed by atoms with Gasteiger partial charge in [0, 0.05) is 46.6 Å². The highest BCUT2D eigenvalue weighted by molar-refractivity contribution is 4.84. The Kier molecular flexibility index (Phi) is 8.59. The van der Waals surface area contributed by atoms with Crippen molar-refractivity contribution < 1.29 is 14.2 Å². The quantitative estimate of drug-likeness (QED) is 0.608. The second-order valence-electron chi connectivity index (χ2n) is 5.14. The van der Waals surface area contributed by atoms with Crippen LogP contribution in [-0.4, -0.2) is 53.2 Å². The van der Waals surface area contributed by atoms with E-state index in [0.29, 0.717) is 5.41 Å². The fraction of sp³-hybridized carbons (Fsp3) is 1.00. The minimum atomic E-state index is 0.361. The number of ether oxygens (including phenoxy) is 3. The van der Waals surface area contributed by atoms with Crippen LogP contribution in [0.4, 0.5) is 0 Å². The van der Waals surface area contributed by atoms with E-state index in [-0.39, 0.29) is 0 Å². The molecule has 0 aromatic rings. The van der Waals surface area contributed by atoms with Crippen molar-refractivity contribution in [3.8, 4) is 0 Å². The van der Waals surface area contributed by atoms with E-state index in [4.69, 9.17) is 14.2 Å². The molecule has 0 aromatic heterocycles. The molecule has 108 valence electrons. The molecule has 4 heteroatoms. The Balaban J connectivity index is 2.27. The van der Waals surface area contributed by atoms with Gasteiger partial charge in [-0.15, -0.1) is 0 Å². The first-order chi connectivity index (χ1) is 8.83. The van der Waals surface area contributed by atoms with Gasteiger partial charge in [-0.25, -0.2) is 0 Å². The number of rotatable bonds is 10. The van der Waals surface area contributed by atoms with Crippen LogP contribution >= 0.6 is 0 Å². The zero-order chi connectivity index (χ0) is 13.1. The molecule has 0 spiro atoms. The molecule has 0 aliphatic carbocycles. The van der Waals surface area contributed by atoms with Gasteiger partial charge in [-0.3, -0.25) is 0 Å². The minimum Gasteiger partial charge on any atom is -0.383 e. The highest BCUT2D eigenvalue weighted by atomic mass is 16.5. The Morgan fingerprint density at radius 1 is 1.17 bits per heavy atom. The third-order valence-corrected chi connectivity index (χ3v) is 3.66. The van der Waals surface area contributed by atoms with Gasteiger partial charge in [-0.1, -0.05) is 6.92 Å². The van der Waals surface area contributed by atoms with Gasteiger partial charge in [-0.05, 0) is 31.1 Å². The summed E-state index contributed by atoms with van der Waals surface area (Å²) in [6, 6.07) is 0.